The molecule has 0 aliphatic carbocycles. The van der Waals surface area contributed by atoms with Crippen molar-refractivity contribution in [2.24, 2.45) is 0 Å². The highest BCUT2D eigenvalue weighted by Crippen LogP contribution is 2.32. The van der Waals surface area contributed by atoms with Crippen molar-refractivity contribution in [3.63, 3.8) is 0 Å². The predicted octanol–water partition coefficient (Wildman–Crippen LogP) is 2.60. The lowest BCUT2D eigenvalue weighted by molar-refractivity contribution is -0.385. The van der Waals surface area contributed by atoms with E-state index in [0.29, 0.717) is 16.9 Å². The number of rotatable bonds is 7. The SMILES string of the molecule is COc1ccc(S(=O)(=O)N2Cc3cc([N+](=O)[O-])ccc3C[C@@H]2C(=O)NO[Si](C)(C)C)cc1. The molecule has 0 fully saturated rings. The zero-order chi connectivity index (χ0) is 23.7. The van der Waals surface area contributed by atoms with Crippen LogP contribution in [0.2, 0.25) is 19.6 Å². The molecule has 1 aliphatic rings. The van der Waals surface area contributed by atoms with Crippen LogP contribution in [0.5, 0.6) is 5.75 Å². The lowest BCUT2D eigenvalue weighted by atomic mass is 9.95. The van der Waals surface area contributed by atoms with Crippen LogP contribution < -0.4 is 10.2 Å². The van der Waals surface area contributed by atoms with Crippen molar-refractivity contribution in [3.05, 3.63) is 63.7 Å². The highest BCUT2D eigenvalue weighted by Gasteiger charge is 2.40. The molecule has 1 amide bonds. The first-order valence-corrected chi connectivity index (χ1v) is 14.7. The van der Waals surface area contributed by atoms with Gasteiger partial charge in [-0.05, 0) is 61.5 Å². The van der Waals surface area contributed by atoms with Crippen LogP contribution >= 0.6 is 0 Å². The molecule has 0 bridgehead atoms. The van der Waals surface area contributed by atoms with Crippen LogP contribution in [0.4, 0.5) is 5.69 Å². The third-order valence-electron chi connectivity index (χ3n) is 4.91. The van der Waals surface area contributed by atoms with Crippen LogP contribution in [-0.4, -0.2) is 45.0 Å². The third-order valence-corrected chi connectivity index (χ3v) is 7.50. The molecule has 0 saturated carbocycles. The van der Waals surface area contributed by atoms with Gasteiger partial charge in [0.1, 0.15) is 11.8 Å². The average molecular weight is 480 g/mol. The molecule has 2 aromatic carbocycles. The monoisotopic (exact) mass is 479 g/mol. The van der Waals surface area contributed by atoms with Crippen LogP contribution in [0.25, 0.3) is 0 Å². The minimum Gasteiger partial charge on any atom is -0.497 e. The normalized spacial score (nSPS) is 16.8. The maximum atomic E-state index is 13.5. The quantitative estimate of drug-likeness (QED) is 0.367. The van der Waals surface area contributed by atoms with E-state index in [4.69, 9.17) is 9.26 Å². The van der Waals surface area contributed by atoms with Gasteiger partial charge in [0.15, 0.2) is 0 Å². The zero-order valence-electron chi connectivity index (χ0n) is 18.2. The number of non-ortho nitro benzene ring substituents is 1. The van der Waals surface area contributed by atoms with Crippen molar-refractivity contribution in [3.8, 4) is 5.75 Å². The molecule has 0 aromatic heterocycles. The van der Waals surface area contributed by atoms with E-state index in [9.17, 15) is 23.3 Å². The molecular formula is C20H25N3O7SSi. The number of carbonyl (C=O) groups is 1. The van der Waals surface area contributed by atoms with Gasteiger partial charge in [-0.15, -0.1) is 0 Å². The zero-order valence-corrected chi connectivity index (χ0v) is 20.0. The minimum absolute atomic E-state index is 0.0175. The molecular weight excluding hydrogens is 454 g/mol. The molecule has 32 heavy (non-hydrogen) atoms. The number of methoxy groups -OCH3 is 1. The number of hydrogen-bond acceptors (Lipinski definition) is 7. The van der Waals surface area contributed by atoms with E-state index in [-0.39, 0.29) is 23.5 Å². The van der Waals surface area contributed by atoms with Gasteiger partial charge in [-0.25, -0.2) is 13.9 Å². The average Bonchev–Trinajstić information content (AvgIpc) is 2.75. The van der Waals surface area contributed by atoms with Crippen molar-refractivity contribution < 1.29 is 27.4 Å². The van der Waals surface area contributed by atoms with E-state index in [0.717, 1.165) is 4.31 Å². The van der Waals surface area contributed by atoms with E-state index in [2.05, 4.69) is 5.48 Å². The van der Waals surface area contributed by atoms with Gasteiger partial charge in [-0.1, -0.05) is 6.07 Å². The minimum atomic E-state index is -4.11. The number of carbonyl (C=O) groups excluding carboxylic acids is 1. The van der Waals surface area contributed by atoms with Gasteiger partial charge < -0.3 is 9.26 Å². The molecule has 1 atom stereocenters. The Hall–Kier alpha value is -2.80. The molecule has 0 spiro atoms. The van der Waals surface area contributed by atoms with E-state index in [1.807, 2.05) is 19.6 Å². The van der Waals surface area contributed by atoms with Crippen molar-refractivity contribution in [1.82, 2.24) is 9.79 Å². The number of nitro benzene ring substituents is 1. The lowest BCUT2D eigenvalue weighted by Gasteiger charge is -2.35. The van der Waals surface area contributed by atoms with E-state index in [1.165, 1.54) is 43.5 Å². The molecule has 1 aliphatic heterocycles. The summed E-state index contributed by atoms with van der Waals surface area (Å²) in [5, 5.41) is 11.2. The number of benzene rings is 2. The second-order valence-corrected chi connectivity index (χ2v) is 14.7. The van der Waals surface area contributed by atoms with Gasteiger partial charge in [0.25, 0.3) is 11.6 Å². The summed E-state index contributed by atoms with van der Waals surface area (Å²) in [6.45, 7) is 5.47. The lowest BCUT2D eigenvalue weighted by Crippen LogP contribution is -2.53. The number of hydrogen-bond donors (Lipinski definition) is 1. The Morgan fingerprint density at radius 1 is 1.16 bits per heavy atom. The molecule has 0 unspecified atom stereocenters. The third kappa shape index (κ3) is 5.15. The van der Waals surface area contributed by atoms with Gasteiger partial charge in [0.2, 0.25) is 18.3 Å². The molecule has 0 saturated heterocycles. The Bertz CT molecular complexity index is 1130. The second kappa shape index (κ2) is 8.98. The topological polar surface area (TPSA) is 128 Å². The Kier molecular flexibility index (Phi) is 6.69. The number of nitrogens with zero attached hydrogens (tertiary/aromatic N) is 2. The predicted molar refractivity (Wildman–Crippen MR) is 119 cm³/mol. The van der Waals surface area contributed by atoms with Crippen LogP contribution in [0.3, 0.4) is 0 Å². The summed E-state index contributed by atoms with van der Waals surface area (Å²) in [5.41, 5.74) is 3.42. The molecule has 172 valence electrons. The summed E-state index contributed by atoms with van der Waals surface area (Å²) >= 11 is 0. The first kappa shape index (κ1) is 23.9. The number of nitrogens with one attached hydrogen (secondary N) is 1. The molecule has 3 rings (SSSR count). The van der Waals surface area contributed by atoms with Gasteiger partial charge in [0.05, 0.1) is 16.9 Å². The maximum absolute atomic E-state index is 13.5. The fourth-order valence-electron chi connectivity index (χ4n) is 3.29. The molecule has 10 nitrogen and oxygen atoms in total. The maximum Gasteiger partial charge on any atom is 0.269 e. The fourth-order valence-corrected chi connectivity index (χ4v) is 5.26. The van der Waals surface area contributed by atoms with Gasteiger partial charge >= 0.3 is 0 Å². The summed E-state index contributed by atoms with van der Waals surface area (Å²) in [7, 11) is -4.75. The van der Waals surface area contributed by atoms with Crippen LogP contribution in [-0.2, 0) is 32.3 Å². The molecule has 1 heterocycles. The van der Waals surface area contributed by atoms with E-state index in [1.54, 1.807) is 6.07 Å². The first-order chi connectivity index (χ1) is 14.9. The van der Waals surface area contributed by atoms with Gasteiger partial charge in [0, 0.05) is 18.7 Å². The Labute approximate surface area is 187 Å². The Morgan fingerprint density at radius 2 is 1.81 bits per heavy atom. The Balaban J connectivity index is 2.02. The van der Waals surface area contributed by atoms with Gasteiger partial charge in [-0.3, -0.25) is 14.9 Å². The summed E-state index contributed by atoms with van der Waals surface area (Å²) in [5.74, 6) is -0.102. The summed E-state index contributed by atoms with van der Waals surface area (Å²) in [4.78, 5) is 23.6. The number of fused-ring (bicyclic) bond motifs is 1. The van der Waals surface area contributed by atoms with Crippen LogP contribution in [0, 0.1) is 10.1 Å². The largest absolute Gasteiger partial charge is 0.497 e. The fraction of sp³-hybridized carbons (Fsp3) is 0.350. The second-order valence-electron chi connectivity index (χ2n) is 8.34. The highest BCUT2D eigenvalue weighted by atomic mass is 32.2. The smallest absolute Gasteiger partial charge is 0.269 e. The number of ether oxygens (including phenoxy) is 1. The Morgan fingerprint density at radius 3 is 2.38 bits per heavy atom. The van der Waals surface area contributed by atoms with Crippen LogP contribution in [0.15, 0.2) is 47.4 Å². The summed E-state index contributed by atoms with van der Waals surface area (Å²) in [6.07, 6.45) is 0.0591. The number of sulfonamides is 1. The number of amides is 1. The number of nitro groups is 1. The molecule has 1 N–H and O–H groups in total. The molecule has 2 aromatic rings. The van der Waals surface area contributed by atoms with Crippen LogP contribution in [0.1, 0.15) is 11.1 Å². The van der Waals surface area contributed by atoms with Crippen molar-refractivity contribution in [1.29, 1.82) is 0 Å². The first-order valence-electron chi connectivity index (χ1n) is 9.82. The highest BCUT2D eigenvalue weighted by molar-refractivity contribution is 7.89. The van der Waals surface area contributed by atoms with Crippen molar-refractivity contribution >= 4 is 29.9 Å². The van der Waals surface area contributed by atoms with E-state index < -0.39 is 35.2 Å². The molecule has 12 heteroatoms. The number of hydroxylamine groups is 1. The summed E-state index contributed by atoms with van der Waals surface area (Å²) in [6, 6.07) is 8.99. The summed E-state index contributed by atoms with van der Waals surface area (Å²) < 4.78 is 38.6. The van der Waals surface area contributed by atoms with E-state index >= 15 is 0 Å². The standard InChI is InChI=1S/C20H25N3O7SSi/c1-29-17-7-9-18(10-8-17)31(27,28)22-13-15-11-16(23(25)26)6-5-14(15)12-19(22)20(24)21-30-32(2,3)4/h5-11,19H,12-13H2,1-4H3,(H,21,24)/t19-/m1/s1. The molecule has 0 radical (unpaired) electrons. The van der Waals surface area contributed by atoms with Crippen molar-refractivity contribution in [2.75, 3.05) is 7.11 Å². The van der Waals surface area contributed by atoms with Gasteiger partial charge in [-0.2, -0.15) is 4.31 Å². The van der Waals surface area contributed by atoms with Crippen molar-refractivity contribution in [2.45, 2.75) is 43.5 Å².